The Bertz CT molecular complexity index is 1070. The van der Waals surface area contributed by atoms with Gasteiger partial charge in [0, 0.05) is 17.2 Å². The fraction of sp³-hybridized carbons (Fsp3) is 0.333. The molecule has 0 amide bonds. The molecule has 32 heavy (non-hydrogen) atoms. The topological polar surface area (TPSA) is 89.5 Å². The Morgan fingerprint density at radius 2 is 1.66 bits per heavy atom. The third-order valence-electron chi connectivity index (χ3n) is 4.77. The zero-order chi connectivity index (χ0) is 23.4. The molecule has 0 fully saturated rings. The third kappa shape index (κ3) is 4.64. The molecule has 0 unspecified atom stereocenters. The zero-order valence-corrected chi connectivity index (χ0v) is 18.9. The van der Waals surface area contributed by atoms with E-state index >= 15 is 0 Å². The lowest BCUT2D eigenvalue weighted by molar-refractivity contribution is -0.149. The Hall–Kier alpha value is -3.68. The second kappa shape index (κ2) is 9.64. The maximum absolute atomic E-state index is 12.9. The number of Topliss-reactive ketones (excluding diaryl/α,β-unsaturated/α-hetero) is 1. The van der Waals surface area contributed by atoms with E-state index in [0.717, 1.165) is 0 Å². The van der Waals surface area contributed by atoms with Crippen molar-refractivity contribution in [1.29, 1.82) is 0 Å². The van der Waals surface area contributed by atoms with Crippen LogP contribution >= 0.6 is 0 Å². The van der Waals surface area contributed by atoms with Gasteiger partial charge in [-0.15, -0.1) is 0 Å². The van der Waals surface area contributed by atoms with Gasteiger partial charge >= 0.3 is 5.97 Å². The summed E-state index contributed by atoms with van der Waals surface area (Å²) in [5, 5.41) is 0. The maximum Gasteiger partial charge on any atom is 0.344 e. The van der Waals surface area contributed by atoms with Crippen molar-refractivity contribution < 1.29 is 38.0 Å². The van der Waals surface area contributed by atoms with E-state index in [-0.39, 0.29) is 24.3 Å². The Labute approximate surface area is 186 Å². The van der Waals surface area contributed by atoms with Gasteiger partial charge in [-0.3, -0.25) is 4.79 Å². The van der Waals surface area contributed by atoms with Crippen molar-refractivity contribution >= 4 is 17.8 Å². The van der Waals surface area contributed by atoms with Crippen molar-refractivity contribution in [3.63, 3.8) is 0 Å². The highest BCUT2D eigenvalue weighted by Crippen LogP contribution is 2.41. The summed E-state index contributed by atoms with van der Waals surface area (Å²) in [6.07, 6.45) is 1.36. The Morgan fingerprint density at radius 1 is 1.00 bits per heavy atom. The first-order chi connectivity index (χ1) is 15.3. The minimum atomic E-state index is -0.474. The average Bonchev–Trinajstić information content (AvgIpc) is 3.08. The van der Waals surface area contributed by atoms with Crippen molar-refractivity contribution in [2.75, 3.05) is 27.9 Å². The van der Waals surface area contributed by atoms with Gasteiger partial charge in [0.1, 0.15) is 17.2 Å². The number of carbonyl (C=O) groups excluding carboxylic acids is 2. The lowest BCUT2D eigenvalue weighted by Crippen LogP contribution is -2.19. The molecular weight excluding hydrogens is 416 g/mol. The fourth-order valence-electron chi connectivity index (χ4n) is 3.26. The number of methoxy groups -OCH3 is 3. The monoisotopic (exact) mass is 442 g/mol. The van der Waals surface area contributed by atoms with Crippen molar-refractivity contribution in [2.45, 2.75) is 26.9 Å². The molecule has 0 saturated heterocycles. The van der Waals surface area contributed by atoms with Gasteiger partial charge in [0.05, 0.1) is 33.0 Å². The summed E-state index contributed by atoms with van der Waals surface area (Å²) in [4.78, 5) is 24.7. The average molecular weight is 442 g/mol. The molecular formula is C24H26O8. The minimum Gasteiger partial charge on any atom is -0.496 e. The van der Waals surface area contributed by atoms with E-state index in [0.29, 0.717) is 45.4 Å². The number of ether oxygens (including phenoxy) is 6. The Morgan fingerprint density at radius 3 is 2.28 bits per heavy atom. The maximum atomic E-state index is 12.9. The molecule has 0 aliphatic carbocycles. The number of ketones is 1. The van der Waals surface area contributed by atoms with Crippen LogP contribution in [0.25, 0.3) is 6.08 Å². The van der Waals surface area contributed by atoms with Gasteiger partial charge in [0.2, 0.25) is 5.78 Å². The van der Waals surface area contributed by atoms with Crippen LogP contribution in [0.2, 0.25) is 0 Å². The van der Waals surface area contributed by atoms with Crippen LogP contribution in [-0.4, -0.2) is 45.8 Å². The first-order valence-corrected chi connectivity index (χ1v) is 9.99. The molecule has 8 heteroatoms. The van der Waals surface area contributed by atoms with Crippen LogP contribution in [0.15, 0.2) is 30.0 Å². The normalized spacial score (nSPS) is 13.6. The van der Waals surface area contributed by atoms with Gasteiger partial charge in [-0.25, -0.2) is 4.79 Å². The molecule has 170 valence electrons. The molecule has 2 aromatic carbocycles. The van der Waals surface area contributed by atoms with Crippen LogP contribution in [0.4, 0.5) is 0 Å². The Kier molecular flexibility index (Phi) is 6.92. The molecule has 8 nitrogen and oxygen atoms in total. The number of allylic oxidation sites excluding steroid dienone is 1. The summed E-state index contributed by atoms with van der Waals surface area (Å²) in [5.74, 6) is 1.68. The second-order valence-electron chi connectivity index (χ2n) is 7.28. The van der Waals surface area contributed by atoms with Crippen LogP contribution in [0.1, 0.15) is 35.3 Å². The number of fused-ring (bicyclic) bond motifs is 1. The smallest absolute Gasteiger partial charge is 0.344 e. The van der Waals surface area contributed by atoms with Gasteiger partial charge < -0.3 is 28.4 Å². The summed E-state index contributed by atoms with van der Waals surface area (Å²) in [6.45, 7) is 5.05. The SMILES string of the molecule is COc1cc(OC)c(OC)cc1/C=C1\Oc2c(ccc(OCC(=O)OC(C)C)c2C)C1=O. The highest BCUT2D eigenvalue weighted by atomic mass is 16.6. The molecule has 1 aliphatic heterocycles. The molecule has 0 aromatic heterocycles. The van der Waals surface area contributed by atoms with E-state index in [1.165, 1.54) is 21.3 Å². The van der Waals surface area contributed by atoms with E-state index in [1.807, 2.05) is 0 Å². The van der Waals surface area contributed by atoms with E-state index in [2.05, 4.69) is 0 Å². The molecule has 0 atom stereocenters. The van der Waals surface area contributed by atoms with E-state index < -0.39 is 5.97 Å². The predicted molar refractivity (Wildman–Crippen MR) is 117 cm³/mol. The molecule has 0 bridgehead atoms. The van der Waals surface area contributed by atoms with Crippen molar-refractivity contribution in [3.8, 4) is 28.7 Å². The quantitative estimate of drug-likeness (QED) is 0.448. The number of esters is 1. The van der Waals surface area contributed by atoms with Crippen molar-refractivity contribution in [2.24, 2.45) is 0 Å². The van der Waals surface area contributed by atoms with Crippen LogP contribution in [0, 0.1) is 6.92 Å². The fourth-order valence-corrected chi connectivity index (χ4v) is 3.26. The van der Waals surface area contributed by atoms with Gasteiger partial charge in [0.15, 0.2) is 23.9 Å². The highest BCUT2D eigenvalue weighted by Gasteiger charge is 2.31. The number of carbonyl (C=O) groups is 2. The predicted octanol–water partition coefficient (Wildman–Crippen LogP) is 3.97. The zero-order valence-electron chi connectivity index (χ0n) is 18.9. The minimum absolute atomic E-state index is 0.130. The summed E-state index contributed by atoms with van der Waals surface area (Å²) >= 11 is 0. The van der Waals surface area contributed by atoms with Crippen molar-refractivity contribution in [1.82, 2.24) is 0 Å². The van der Waals surface area contributed by atoms with E-state index in [4.69, 9.17) is 28.4 Å². The summed E-state index contributed by atoms with van der Waals surface area (Å²) < 4.78 is 32.6. The molecule has 2 aromatic rings. The van der Waals surface area contributed by atoms with Gasteiger partial charge in [-0.2, -0.15) is 0 Å². The third-order valence-corrected chi connectivity index (χ3v) is 4.77. The van der Waals surface area contributed by atoms with Crippen LogP contribution < -0.4 is 23.7 Å². The Balaban J connectivity index is 1.89. The van der Waals surface area contributed by atoms with E-state index in [9.17, 15) is 9.59 Å². The van der Waals surface area contributed by atoms with Crippen LogP contribution in [0.5, 0.6) is 28.7 Å². The largest absolute Gasteiger partial charge is 0.496 e. The van der Waals surface area contributed by atoms with Crippen LogP contribution in [0.3, 0.4) is 0 Å². The van der Waals surface area contributed by atoms with Crippen molar-refractivity contribution in [3.05, 3.63) is 46.7 Å². The summed E-state index contributed by atoms with van der Waals surface area (Å²) in [7, 11) is 4.57. The van der Waals surface area contributed by atoms with Gasteiger partial charge in [0.25, 0.3) is 0 Å². The molecule has 3 rings (SSSR count). The molecule has 1 aliphatic rings. The van der Waals surface area contributed by atoms with Gasteiger partial charge in [-0.1, -0.05) is 0 Å². The lowest BCUT2D eigenvalue weighted by Gasteiger charge is -2.13. The first-order valence-electron chi connectivity index (χ1n) is 9.99. The number of hydrogen-bond acceptors (Lipinski definition) is 8. The molecule has 0 N–H and O–H groups in total. The lowest BCUT2D eigenvalue weighted by atomic mass is 10.1. The first kappa shape index (κ1) is 23.0. The highest BCUT2D eigenvalue weighted by molar-refractivity contribution is 6.15. The molecule has 0 radical (unpaired) electrons. The van der Waals surface area contributed by atoms with Crippen LogP contribution in [-0.2, 0) is 9.53 Å². The molecule has 0 spiro atoms. The standard InChI is InChI=1S/C24H26O8/c1-13(2)31-22(25)12-30-17-8-7-16-23(26)21(32-24(16)14(17)3)10-15-9-19(28-5)20(29-6)11-18(15)27-4/h7-11,13H,12H2,1-6H3/b21-10-. The molecule has 0 saturated carbocycles. The molecule has 1 heterocycles. The van der Waals surface area contributed by atoms with Gasteiger partial charge in [-0.05, 0) is 45.0 Å². The number of hydrogen-bond donors (Lipinski definition) is 0. The summed E-state index contributed by atoms with van der Waals surface area (Å²) in [6, 6.07) is 6.62. The number of rotatable bonds is 8. The number of benzene rings is 2. The summed E-state index contributed by atoms with van der Waals surface area (Å²) in [5.41, 5.74) is 1.60. The van der Waals surface area contributed by atoms with E-state index in [1.54, 1.807) is 51.1 Å². The second-order valence-corrected chi connectivity index (χ2v) is 7.28.